The lowest BCUT2D eigenvalue weighted by atomic mass is 9.99. The second-order valence-corrected chi connectivity index (χ2v) is 7.45. The average Bonchev–Trinajstić information content (AvgIpc) is 2.41. The zero-order valence-corrected chi connectivity index (χ0v) is 12.5. The number of hydrogen-bond acceptors (Lipinski definition) is 3. The number of sulfone groups is 1. The smallest absolute Gasteiger partial charge is 0.341 e. The third-order valence-corrected chi connectivity index (χ3v) is 5.62. The van der Waals surface area contributed by atoms with Crippen LogP contribution in [0.5, 0.6) is 0 Å². The molecule has 0 bridgehead atoms. The Morgan fingerprint density at radius 1 is 1.35 bits per heavy atom. The molecule has 0 saturated carbocycles. The van der Waals surface area contributed by atoms with Crippen molar-refractivity contribution >= 4 is 27.1 Å². The van der Waals surface area contributed by atoms with Crippen molar-refractivity contribution < 1.29 is 17.2 Å². The number of benzene rings is 1. The van der Waals surface area contributed by atoms with Gasteiger partial charge in [-0.2, -0.15) is 8.78 Å². The summed E-state index contributed by atoms with van der Waals surface area (Å²) < 4.78 is 49.0. The van der Waals surface area contributed by atoms with Crippen LogP contribution in [0.2, 0.25) is 0 Å². The molecular weight excluding hydrogens is 308 g/mol. The largest absolute Gasteiger partial charge is 0.370 e. The first-order valence-corrected chi connectivity index (χ1v) is 8.32. The molecule has 3 nitrogen and oxygen atoms in total. The molecule has 0 aromatic heterocycles. The number of nitrogens with zero attached hydrogens (tertiary/aromatic N) is 1. The molecule has 0 spiro atoms. The first-order valence-electron chi connectivity index (χ1n) is 6.34. The van der Waals surface area contributed by atoms with Crippen molar-refractivity contribution in [1.29, 1.82) is 0 Å². The van der Waals surface area contributed by atoms with Crippen LogP contribution in [0, 0.1) is 5.92 Å². The third-order valence-electron chi connectivity index (χ3n) is 3.55. The van der Waals surface area contributed by atoms with Gasteiger partial charge in [-0.3, -0.25) is 0 Å². The number of halogens is 3. The van der Waals surface area contributed by atoms with Crippen molar-refractivity contribution in [3.8, 4) is 0 Å². The minimum absolute atomic E-state index is 0.0325. The Bertz CT molecular complexity index is 579. The molecule has 1 heterocycles. The highest BCUT2D eigenvalue weighted by Crippen LogP contribution is 2.33. The molecule has 1 aliphatic heterocycles. The van der Waals surface area contributed by atoms with Crippen LogP contribution < -0.4 is 4.90 Å². The third kappa shape index (κ3) is 2.91. The summed E-state index contributed by atoms with van der Waals surface area (Å²) in [6, 6.07) is 5.90. The van der Waals surface area contributed by atoms with Gasteiger partial charge in [0, 0.05) is 18.5 Å². The van der Waals surface area contributed by atoms with E-state index in [4.69, 9.17) is 11.6 Å². The maximum absolute atomic E-state index is 12.8. The van der Waals surface area contributed by atoms with Crippen molar-refractivity contribution in [3.05, 3.63) is 24.3 Å². The summed E-state index contributed by atoms with van der Waals surface area (Å²) in [5, 5.41) is 0.0325. The first kappa shape index (κ1) is 15.5. The van der Waals surface area contributed by atoms with E-state index in [2.05, 4.69) is 0 Å². The molecule has 1 fully saturated rings. The fraction of sp³-hybridized carbons (Fsp3) is 0.538. The van der Waals surface area contributed by atoms with Crippen molar-refractivity contribution in [2.45, 2.75) is 29.4 Å². The number of rotatable bonds is 3. The van der Waals surface area contributed by atoms with Crippen LogP contribution in [-0.4, -0.2) is 32.6 Å². The standard InChI is InChI=1S/C13H16ClF2NO2S/c1-9-8-17(7-6-10(9)14)11-4-2-3-5-12(11)20(18,19)13(15)16/h2-5,9-10,13H,6-8H2,1H3. The van der Waals surface area contributed by atoms with E-state index in [0.29, 0.717) is 25.2 Å². The van der Waals surface area contributed by atoms with Gasteiger partial charge in [-0.15, -0.1) is 11.6 Å². The van der Waals surface area contributed by atoms with Gasteiger partial charge < -0.3 is 4.90 Å². The summed E-state index contributed by atoms with van der Waals surface area (Å²) in [7, 11) is -4.60. The lowest BCUT2D eigenvalue weighted by Gasteiger charge is -2.36. The maximum Gasteiger partial charge on any atom is 0.341 e. The Kier molecular flexibility index (Phi) is 4.54. The summed E-state index contributed by atoms with van der Waals surface area (Å²) in [5.74, 6) is -3.24. The van der Waals surface area contributed by atoms with Crippen LogP contribution in [-0.2, 0) is 9.84 Å². The highest BCUT2D eigenvalue weighted by molar-refractivity contribution is 7.91. The Morgan fingerprint density at radius 2 is 2.00 bits per heavy atom. The van der Waals surface area contributed by atoms with Crippen molar-refractivity contribution in [2.24, 2.45) is 5.92 Å². The number of piperidine rings is 1. The summed E-state index contributed by atoms with van der Waals surface area (Å²) >= 11 is 6.14. The average molecular weight is 324 g/mol. The SMILES string of the molecule is CC1CN(c2ccccc2S(=O)(=O)C(F)F)CCC1Cl. The molecule has 20 heavy (non-hydrogen) atoms. The van der Waals surface area contributed by atoms with E-state index in [-0.39, 0.29) is 16.2 Å². The second kappa shape index (κ2) is 5.85. The summed E-state index contributed by atoms with van der Waals surface area (Å²) in [6.07, 6.45) is 0.700. The van der Waals surface area contributed by atoms with Crippen molar-refractivity contribution in [2.75, 3.05) is 18.0 Å². The monoisotopic (exact) mass is 323 g/mol. The predicted molar refractivity (Wildman–Crippen MR) is 75.3 cm³/mol. The first-order chi connectivity index (χ1) is 9.34. The lowest BCUT2D eigenvalue weighted by Crippen LogP contribution is -2.40. The zero-order valence-electron chi connectivity index (χ0n) is 11.0. The Labute approximate surface area is 122 Å². The zero-order chi connectivity index (χ0) is 14.9. The van der Waals surface area contributed by atoms with Crippen LogP contribution in [0.25, 0.3) is 0 Å². The van der Waals surface area contributed by atoms with E-state index >= 15 is 0 Å². The molecule has 0 N–H and O–H groups in total. The van der Waals surface area contributed by atoms with Crippen molar-refractivity contribution in [3.63, 3.8) is 0 Å². The van der Waals surface area contributed by atoms with Crippen LogP contribution in [0.4, 0.5) is 14.5 Å². The van der Waals surface area contributed by atoms with Gasteiger partial charge >= 0.3 is 5.76 Å². The number of alkyl halides is 3. The predicted octanol–water partition coefficient (Wildman–Crippen LogP) is 3.14. The molecule has 0 amide bonds. The highest BCUT2D eigenvalue weighted by atomic mass is 35.5. The summed E-state index contributed by atoms with van der Waals surface area (Å²) in [4.78, 5) is 1.51. The van der Waals surface area contributed by atoms with Gasteiger partial charge in [0.15, 0.2) is 0 Å². The molecule has 0 aliphatic carbocycles. The molecule has 1 aromatic rings. The van der Waals surface area contributed by atoms with E-state index in [1.807, 2.05) is 11.8 Å². The molecule has 1 saturated heterocycles. The Hall–Kier alpha value is -0.880. The van der Waals surface area contributed by atoms with E-state index in [1.165, 1.54) is 12.1 Å². The van der Waals surface area contributed by atoms with Gasteiger partial charge in [0.2, 0.25) is 9.84 Å². The molecule has 7 heteroatoms. The van der Waals surface area contributed by atoms with E-state index in [0.717, 1.165) is 0 Å². The topological polar surface area (TPSA) is 37.4 Å². The lowest BCUT2D eigenvalue weighted by molar-refractivity contribution is 0.234. The number of hydrogen-bond donors (Lipinski definition) is 0. The van der Waals surface area contributed by atoms with E-state index in [1.54, 1.807) is 12.1 Å². The van der Waals surface area contributed by atoms with Gasteiger partial charge in [-0.25, -0.2) is 8.42 Å². The fourth-order valence-corrected chi connectivity index (χ4v) is 3.52. The number of anilines is 1. The van der Waals surface area contributed by atoms with Gasteiger partial charge in [-0.05, 0) is 24.5 Å². The van der Waals surface area contributed by atoms with Crippen molar-refractivity contribution in [1.82, 2.24) is 0 Å². The fourth-order valence-electron chi connectivity index (χ4n) is 2.39. The highest BCUT2D eigenvalue weighted by Gasteiger charge is 2.32. The van der Waals surface area contributed by atoms with E-state index in [9.17, 15) is 17.2 Å². The Morgan fingerprint density at radius 3 is 2.60 bits per heavy atom. The van der Waals surface area contributed by atoms with Crippen LogP contribution in [0.1, 0.15) is 13.3 Å². The van der Waals surface area contributed by atoms with Crippen LogP contribution in [0.3, 0.4) is 0 Å². The van der Waals surface area contributed by atoms with Crippen LogP contribution in [0.15, 0.2) is 29.2 Å². The molecule has 2 unspecified atom stereocenters. The van der Waals surface area contributed by atoms with Crippen LogP contribution >= 0.6 is 11.6 Å². The minimum atomic E-state index is -4.60. The molecule has 1 aromatic carbocycles. The molecule has 0 radical (unpaired) electrons. The van der Waals surface area contributed by atoms with Gasteiger partial charge in [0.1, 0.15) is 0 Å². The minimum Gasteiger partial charge on any atom is -0.370 e. The van der Waals surface area contributed by atoms with E-state index < -0.39 is 15.6 Å². The van der Waals surface area contributed by atoms with Gasteiger partial charge in [-0.1, -0.05) is 19.1 Å². The molecular formula is C13H16ClF2NO2S. The Balaban J connectivity index is 2.39. The summed E-state index contributed by atoms with van der Waals surface area (Å²) in [5.41, 5.74) is 0.336. The maximum atomic E-state index is 12.8. The summed E-state index contributed by atoms with van der Waals surface area (Å²) in [6.45, 7) is 3.09. The quantitative estimate of drug-likeness (QED) is 0.802. The van der Waals surface area contributed by atoms with Gasteiger partial charge in [0.25, 0.3) is 0 Å². The molecule has 1 aliphatic rings. The second-order valence-electron chi connectivity index (χ2n) is 5.00. The normalized spacial score (nSPS) is 24.1. The molecule has 2 atom stereocenters. The molecule has 2 rings (SSSR count). The molecule has 112 valence electrons. The number of para-hydroxylation sites is 1. The van der Waals surface area contributed by atoms with Gasteiger partial charge in [0.05, 0.1) is 10.6 Å².